The summed E-state index contributed by atoms with van der Waals surface area (Å²) in [5, 5.41) is 25.8. The van der Waals surface area contributed by atoms with Crippen LogP contribution < -0.4 is 14.9 Å². The third-order valence-corrected chi connectivity index (χ3v) is 3.15. The van der Waals surface area contributed by atoms with Crippen LogP contribution in [0.15, 0.2) is 53.7 Å². The number of hydroxylamine groups is 2. The highest BCUT2D eigenvalue weighted by Gasteiger charge is 2.04. The Bertz CT molecular complexity index is 599. The SMILES string of the molecule is C[NH+]([O-])c1ccc(OCC[NH+]([O-])c2ccc(N=O)cc2)cc1. The molecule has 2 atom stereocenters. The molecule has 0 aliphatic rings. The molecule has 0 fully saturated rings. The summed E-state index contributed by atoms with van der Waals surface area (Å²) in [6.07, 6.45) is 0. The van der Waals surface area contributed by atoms with Crippen LogP contribution in [-0.2, 0) is 0 Å². The van der Waals surface area contributed by atoms with Crippen LogP contribution in [0.25, 0.3) is 0 Å². The summed E-state index contributed by atoms with van der Waals surface area (Å²) in [4.78, 5) is 10.3. The number of hydrogen-bond donors (Lipinski definition) is 2. The molecule has 7 nitrogen and oxygen atoms in total. The van der Waals surface area contributed by atoms with Gasteiger partial charge in [0, 0.05) is 24.3 Å². The molecule has 0 amide bonds. The highest BCUT2D eigenvalue weighted by molar-refractivity contribution is 5.43. The first-order chi connectivity index (χ1) is 10.6. The van der Waals surface area contributed by atoms with Crippen LogP contribution in [0.5, 0.6) is 5.75 Å². The molecule has 0 radical (unpaired) electrons. The molecule has 116 valence electrons. The van der Waals surface area contributed by atoms with Gasteiger partial charge in [-0.2, -0.15) is 0 Å². The Morgan fingerprint density at radius 3 is 2.14 bits per heavy atom. The fraction of sp³-hybridized carbons (Fsp3) is 0.200. The van der Waals surface area contributed by atoms with Crippen LogP contribution in [0.3, 0.4) is 0 Å². The number of benzene rings is 2. The van der Waals surface area contributed by atoms with E-state index in [-0.39, 0.29) is 23.3 Å². The van der Waals surface area contributed by atoms with E-state index in [0.29, 0.717) is 22.8 Å². The summed E-state index contributed by atoms with van der Waals surface area (Å²) >= 11 is 0. The van der Waals surface area contributed by atoms with Gasteiger partial charge in [0.1, 0.15) is 36.0 Å². The zero-order chi connectivity index (χ0) is 15.9. The fourth-order valence-corrected chi connectivity index (χ4v) is 1.90. The van der Waals surface area contributed by atoms with Gasteiger partial charge in [-0.05, 0) is 29.4 Å². The molecule has 0 saturated heterocycles. The zero-order valence-electron chi connectivity index (χ0n) is 12.1. The predicted octanol–water partition coefficient (Wildman–Crippen LogP) is 0.822. The van der Waals surface area contributed by atoms with Crippen molar-refractivity contribution in [1.29, 1.82) is 0 Å². The Morgan fingerprint density at radius 2 is 1.59 bits per heavy atom. The number of nitrogens with zero attached hydrogens (tertiary/aromatic N) is 1. The summed E-state index contributed by atoms with van der Waals surface area (Å²) in [6, 6.07) is 12.9. The molecule has 0 aliphatic heterocycles. The van der Waals surface area contributed by atoms with Gasteiger partial charge < -0.3 is 25.3 Å². The maximum Gasteiger partial charge on any atom is 0.138 e. The minimum absolute atomic E-state index is 0.00464. The van der Waals surface area contributed by atoms with E-state index in [9.17, 15) is 15.3 Å². The second kappa shape index (κ2) is 7.62. The lowest BCUT2D eigenvalue weighted by Crippen LogP contribution is -3.02. The molecular formula is C15H17N3O4. The zero-order valence-corrected chi connectivity index (χ0v) is 12.1. The van der Waals surface area contributed by atoms with Crippen LogP contribution in [0.1, 0.15) is 0 Å². The van der Waals surface area contributed by atoms with Crippen molar-refractivity contribution in [3.8, 4) is 5.75 Å². The lowest BCUT2D eigenvalue weighted by molar-refractivity contribution is -0.776. The molecule has 22 heavy (non-hydrogen) atoms. The van der Waals surface area contributed by atoms with Crippen molar-refractivity contribution in [1.82, 2.24) is 0 Å². The Morgan fingerprint density at radius 1 is 1.00 bits per heavy atom. The molecule has 0 aliphatic carbocycles. The highest BCUT2D eigenvalue weighted by Crippen LogP contribution is 2.14. The molecule has 0 saturated carbocycles. The van der Waals surface area contributed by atoms with Crippen LogP contribution >= 0.6 is 0 Å². The van der Waals surface area contributed by atoms with Crippen molar-refractivity contribution >= 4 is 17.1 Å². The van der Waals surface area contributed by atoms with Crippen LogP contribution in [0.4, 0.5) is 17.1 Å². The second-order valence-electron chi connectivity index (χ2n) is 4.74. The Balaban J connectivity index is 1.83. The molecule has 2 rings (SSSR count). The van der Waals surface area contributed by atoms with Gasteiger partial charge in [-0.25, -0.2) is 0 Å². The third kappa shape index (κ3) is 4.34. The molecule has 0 aromatic heterocycles. The molecular weight excluding hydrogens is 286 g/mol. The standard InChI is InChI=1S/C15H17N3O4/c1-17(20)13-6-8-15(9-7-13)22-11-10-18(21)14-4-2-12(16-19)3-5-14/h2-9,17-18H,10-11H2,1H3. The number of quaternary nitrogens is 2. The first kappa shape index (κ1) is 16.1. The average Bonchev–Trinajstić information content (AvgIpc) is 2.55. The smallest absolute Gasteiger partial charge is 0.138 e. The first-order valence-corrected chi connectivity index (χ1v) is 6.80. The van der Waals surface area contributed by atoms with Crippen molar-refractivity contribution in [2.75, 3.05) is 20.2 Å². The van der Waals surface area contributed by atoms with E-state index in [4.69, 9.17) is 4.74 Å². The van der Waals surface area contributed by atoms with Gasteiger partial charge in [0.05, 0.1) is 7.05 Å². The summed E-state index contributed by atoms with van der Waals surface area (Å²) in [5.41, 5.74) is 1.42. The van der Waals surface area contributed by atoms with E-state index in [0.717, 1.165) is 0 Å². The monoisotopic (exact) mass is 303 g/mol. The van der Waals surface area contributed by atoms with Gasteiger partial charge in [0.2, 0.25) is 0 Å². The van der Waals surface area contributed by atoms with Crippen LogP contribution in [-0.4, -0.2) is 20.2 Å². The van der Waals surface area contributed by atoms with E-state index in [1.165, 1.54) is 19.2 Å². The van der Waals surface area contributed by atoms with Crippen LogP contribution in [0, 0.1) is 15.3 Å². The van der Waals surface area contributed by atoms with Crippen molar-refractivity contribution in [3.05, 3.63) is 63.9 Å². The summed E-state index contributed by atoms with van der Waals surface area (Å²) in [6.45, 7) is 0.467. The average molecular weight is 303 g/mol. The van der Waals surface area contributed by atoms with E-state index in [1.807, 2.05) is 0 Å². The predicted molar refractivity (Wildman–Crippen MR) is 82.6 cm³/mol. The topological polar surface area (TPSA) is 93.7 Å². The van der Waals surface area contributed by atoms with Gasteiger partial charge in [-0.1, -0.05) is 0 Å². The third-order valence-electron chi connectivity index (χ3n) is 3.15. The Hall–Kier alpha value is -2.32. The highest BCUT2D eigenvalue weighted by atomic mass is 16.5. The molecule has 2 unspecified atom stereocenters. The number of rotatable bonds is 7. The van der Waals surface area contributed by atoms with Gasteiger partial charge >= 0.3 is 0 Å². The molecule has 2 aromatic rings. The maximum absolute atomic E-state index is 11.9. The summed E-state index contributed by atoms with van der Waals surface area (Å²) in [5.74, 6) is 0.610. The van der Waals surface area contributed by atoms with Crippen molar-refractivity contribution in [3.63, 3.8) is 0 Å². The number of hydrogen-bond acceptors (Lipinski definition) is 5. The maximum atomic E-state index is 11.9. The van der Waals surface area contributed by atoms with E-state index < -0.39 is 0 Å². The molecule has 0 heterocycles. The van der Waals surface area contributed by atoms with E-state index in [2.05, 4.69) is 5.18 Å². The molecule has 0 spiro atoms. The molecule has 2 aromatic carbocycles. The summed E-state index contributed by atoms with van der Waals surface area (Å²) < 4.78 is 5.48. The fourth-order valence-electron chi connectivity index (χ4n) is 1.90. The Labute approximate surface area is 127 Å². The number of nitroso groups, excluding NO2 is 1. The van der Waals surface area contributed by atoms with Gasteiger partial charge in [-0.3, -0.25) is 0 Å². The second-order valence-corrected chi connectivity index (χ2v) is 4.74. The first-order valence-electron chi connectivity index (χ1n) is 6.80. The molecule has 7 heteroatoms. The van der Waals surface area contributed by atoms with Crippen molar-refractivity contribution in [2.45, 2.75) is 0 Å². The van der Waals surface area contributed by atoms with Gasteiger partial charge in [0.25, 0.3) is 0 Å². The summed E-state index contributed by atoms with van der Waals surface area (Å²) in [7, 11) is 1.50. The minimum Gasteiger partial charge on any atom is -0.629 e. The van der Waals surface area contributed by atoms with Gasteiger partial charge in [0.15, 0.2) is 0 Å². The Kier molecular flexibility index (Phi) is 5.56. The lowest BCUT2D eigenvalue weighted by Gasteiger charge is -2.21. The normalized spacial score (nSPS) is 13.4. The molecule has 2 N–H and O–H groups in total. The van der Waals surface area contributed by atoms with Gasteiger partial charge in [-0.15, -0.1) is 4.91 Å². The number of ether oxygens (including phenoxy) is 1. The number of nitrogens with one attached hydrogen (secondary N) is 2. The molecule has 0 bridgehead atoms. The van der Waals surface area contributed by atoms with Crippen LogP contribution in [0.2, 0.25) is 0 Å². The van der Waals surface area contributed by atoms with Crippen molar-refractivity contribution in [2.24, 2.45) is 5.18 Å². The van der Waals surface area contributed by atoms with E-state index >= 15 is 0 Å². The minimum atomic E-state index is -0.0715. The quantitative estimate of drug-likeness (QED) is 0.585. The van der Waals surface area contributed by atoms with Crippen molar-refractivity contribution < 1.29 is 14.9 Å². The van der Waals surface area contributed by atoms with E-state index in [1.54, 1.807) is 36.4 Å². The lowest BCUT2D eigenvalue weighted by atomic mass is 10.3. The largest absolute Gasteiger partial charge is 0.629 e.